The summed E-state index contributed by atoms with van der Waals surface area (Å²) in [6.07, 6.45) is 0. The molecule has 2 aliphatic heterocycles. The van der Waals surface area contributed by atoms with Crippen LogP contribution in [0.15, 0.2) is 218 Å². The standard InChI is InChI=1S/C64H36BN3/c1-3-15-37(16-4-1)39-29-30-55-49(31-39)50-32-41(38-17-5-2-6-18-38)34-51-63(50)67(55)57-35-42(66-53-26-11-9-22-45(53)46-23-10-12-27-54(46)66)36-58-62(57)65(51)52-33-40-19-13-24-47-43-20-7-8-21-44(43)48-25-14-28-56-60(48)61(59(40)47)64(52)68(56)58/h1-36H. The molecule has 0 unspecified atom stereocenters. The molecule has 310 valence electrons. The number of rotatable bonds is 3. The maximum absolute atomic E-state index is 2.67. The van der Waals surface area contributed by atoms with E-state index in [0.717, 1.165) is 5.69 Å². The fraction of sp³-hybridized carbons (Fsp3) is 0. The normalized spacial score (nSPS) is 13.0. The van der Waals surface area contributed by atoms with Crippen LogP contribution in [0.25, 0.3) is 138 Å². The van der Waals surface area contributed by atoms with Crippen LogP contribution in [0.4, 0.5) is 0 Å². The van der Waals surface area contributed by atoms with E-state index in [-0.39, 0.29) is 6.71 Å². The smallest absolute Gasteiger partial charge is 0.252 e. The Hall–Kier alpha value is -8.86. The molecular formula is C64H36BN3. The minimum Gasteiger partial charge on any atom is -0.310 e. The van der Waals surface area contributed by atoms with Gasteiger partial charge < -0.3 is 13.7 Å². The maximum atomic E-state index is 2.67. The van der Waals surface area contributed by atoms with Gasteiger partial charge in [-0.1, -0.05) is 170 Å². The molecule has 4 heteroatoms. The lowest BCUT2D eigenvalue weighted by Crippen LogP contribution is -2.59. The highest BCUT2D eigenvalue weighted by Crippen LogP contribution is 2.51. The summed E-state index contributed by atoms with van der Waals surface area (Å²) in [6, 6.07) is 82.5. The van der Waals surface area contributed by atoms with Gasteiger partial charge in [0.1, 0.15) is 0 Å². The summed E-state index contributed by atoms with van der Waals surface area (Å²) >= 11 is 0. The Labute approximate surface area is 391 Å². The average molecular weight is 858 g/mol. The monoisotopic (exact) mass is 857 g/mol. The van der Waals surface area contributed by atoms with Crippen molar-refractivity contribution in [2.75, 3.05) is 0 Å². The third-order valence-electron chi connectivity index (χ3n) is 15.9. The first-order valence-electron chi connectivity index (χ1n) is 23.8. The number of nitrogens with zero attached hydrogens (tertiary/aromatic N) is 3. The van der Waals surface area contributed by atoms with E-state index in [2.05, 4.69) is 232 Å². The van der Waals surface area contributed by atoms with E-state index in [1.165, 1.54) is 148 Å². The highest BCUT2D eigenvalue weighted by Gasteiger charge is 2.43. The molecule has 0 bridgehead atoms. The second-order valence-corrected chi connectivity index (χ2v) is 19.1. The summed E-state index contributed by atoms with van der Waals surface area (Å²) in [5.74, 6) is 0. The van der Waals surface area contributed by atoms with Gasteiger partial charge in [0, 0.05) is 49.2 Å². The molecule has 5 heterocycles. The molecule has 0 saturated heterocycles. The van der Waals surface area contributed by atoms with Gasteiger partial charge >= 0.3 is 0 Å². The van der Waals surface area contributed by atoms with E-state index in [0.29, 0.717) is 0 Å². The fourth-order valence-corrected chi connectivity index (χ4v) is 13.3. The van der Waals surface area contributed by atoms with Crippen LogP contribution < -0.4 is 16.4 Å². The topological polar surface area (TPSA) is 14.8 Å². The van der Waals surface area contributed by atoms with E-state index in [4.69, 9.17) is 0 Å². The zero-order chi connectivity index (χ0) is 43.9. The number of benzene rings is 11. The van der Waals surface area contributed by atoms with Gasteiger partial charge in [-0.15, -0.1) is 0 Å². The largest absolute Gasteiger partial charge is 0.310 e. The second kappa shape index (κ2) is 12.5. The molecule has 3 aromatic heterocycles. The van der Waals surface area contributed by atoms with Gasteiger partial charge in [-0.3, -0.25) is 0 Å². The van der Waals surface area contributed by atoms with Crippen LogP contribution >= 0.6 is 0 Å². The van der Waals surface area contributed by atoms with Gasteiger partial charge in [0.05, 0.1) is 33.3 Å². The highest BCUT2D eigenvalue weighted by atomic mass is 15.1. The van der Waals surface area contributed by atoms with E-state index in [1.54, 1.807) is 0 Å². The van der Waals surface area contributed by atoms with Crippen molar-refractivity contribution in [1.82, 2.24) is 13.7 Å². The summed E-state index contributed by atoms with van der Waals surface area (Å²) in [7, 11) is 0. The molecule has 68 heavy (non-hydrogen) atoms. The molecule has 0 atom stereocenters. The Morgan fingerprint density at radius 1 is 0.294 bits per heavy atom. The van der Waals surface area contributed by atoms with Crippen molar-refractivity contribution in [1.29, 1.82) is 0 Å². The van der Waals surface area contributed by atoms with Crippen LogP contribution in [0.3, 0.4) is 0 Å². The van der Waals surface area contributed by atoms with Crippen molar-refractivity contribution in [3.8, 4) is 61.6 Å². The average Bonchev–Trinajstić information content (AvgIpc) is 4.02. The summed E-state index contributed by atoms with van der Waals surface area (Å²) < 4.78 is 7.82. The van der Waals surface area contributed by atoms with E-state index >= 15 is 0 Å². The lowest BCUT2D eigenvalue weighted by atomic mass is 9.34. The Balaban J connectivity index is 1.11. The van der Waals surface area contributed by atoms with Crippen LogP contribution in [-0.2, 0) is 0 Å². The van der Waals surface area contributed by atoms with Crippen LogP contribution in [0.5, 0.6) is 0 Å². The predicted octanol–water partition coefficient (Wildman–Crippen LogP) is 14.3. The molecule has 1 aliphatic carbocycles. The minimum atomic E-state index is -0.0392. The highest BCUT2D eigenvalue weighted by molar-refractivity contribution is 7.00. The molecule has 0 spiro atoms. The summed E-state index contributed by atoms with van der Waals surface area (Å²) in [5, 5.41) is 10.4. The SMILES string of the molecule is c1ccc(-c2ccc3c(c2)c2cc(-c4ccccc4)cc4c2n3-c2cc(-n3c5ccccc5c5ccccc53)cc3c2B4c2cc4cccc5c4c4c6c(cccc6n-3c24)-c2ccccc2-5)cc1. The molecule has 0 amide bonds. The number of hydrogen-bond donors (Lipinski definition) is 0. The summed E-state index contributed by atoms with van der Waals surface area (Å²) in [6.45, 7) is -0.0392. The summed E-state index contributed by atoms with van der Waals surface area (Å²) in [5.41, 5.74) is 25.3. The molecule has 3 nitrogen and oxygen atoms in total. The van der Waals surface area contributed by atoms with Gasteiger partial charge in [0.25, 0.3) is 6.71 Å². The van der Waals surface area contributed by atoms with E-state index < -0.39 is 0 Å². The zero-order valence-corrected chi connectivity index (χ0v) is 36.7. The predicted molar refractivity (Wildman–Crippen MR) is 287 cm³/mol. The quantitative estimate of drug-likeness (QED) is 0.157. The lowest BCUT2D eigenvalue weighted by molar-refractivity contribution is 1.10. The number of aromatic nitrogens is 3. The second-order valence-electron chi connectivity index (χ2n) is 19.1. The first-order chi connectivity index (χ1) is 33.8. The number of hydrogen-bond acceptors (Lipinski definition) is 0. The molecule has 0 saturated carbocycles. The minimum absolute atomic E-state index is 0.0392. The molecule has 11 aromatic carbocycles. The van der Waals surface area contributed by atoms with Crippen LogP contribution in [0, 0.1) is 0 Å². The Morgan fingerprint density at radius 3 is 1.56 bits per heavy atom. The van der Waals surface area contributed by atoms with Gasteiger partial charge in [-0.05, 0) is 120 Å². The Kier molecular flexibility index (Phi) is 6.52. The van der Waals surface area contributed by atoms with Crippen LogP contribution in [0.2, 0.25) is 0 Å². The first kappa shape index (κ1) is 35.4. The van der Waals surface area contributed by atoms with Crippen LogP contribution in [-0.4, -0.2) is 20.4 Å². The number of para-hydroxylation sites is 2. The maximum Gasteiger partial charge on any atom is 0.252 e. The Bertz CT molecular complexity index is 4550. The third-order valence-corrected chi connectivity index (χ3v) is 15.9. The lowest BCUT2D eigenvalue weighted by Gasteiger charge is -2.35. The van der Waals surface area contributed by atoms with Crippen molar-refractivity contribution in [2.24, 2.45) is 0 Å². The van der Waals surface area contributed by atoms with Crippen molar-refractivity contribution < 1.29 is 0 Å². The molecule has 0 N–H and O–H groups in total. The van der Waals surface area contributed by atoms with Crippen LogP contribution in [0.1, 0.15) is 0 Å². The molecule has 0 fully saturated rings. The molecule has 0 radical (unpaired) electrons. The Morgan fingerprint density at radius 2 is 0.838 bits per heavy atom. The van der Waals surface area contributed by atoms with Gasteiger partial charge in [-0.25, -0.2) is 0 Å². The molecule has 14 aromatic rings. The van der Waals surface area contributed by atoms with E-state index in [1.807, 2.05) is 0 Å². The van der Waals surface area contributed by atoms with Crippen molar-refractivity contribution >= 4 is 99.3 Å². The first-order valence-corrected chi connectivity index (χ1v) is 23.8. The van der Waals surface area contributed by atoms with Gasteiger partial charge in [-0.2, -0.15) is 0 Å². The van der Waals surface area contributed by atoms with Gasteiger partial charge in [0.2, 0.25) is 0 Å². The summed E-state index contributed by atoms with van der Waals surface area (Å²) in [4.78, 5) is 0. The van der Waals surface area contributed by atoms with Crippen molar-refractivity contribution in [2.45, 2.75) is 0 Å². The zero-order valence-electron chi connectivity index (χ0n) is 36.7. The fourth-order valence-electron chi connectivity index (χ4n) is 13.3. The molecule has 17 rings (SSSR count). The molecular weight excluding hydrogens is 822 g/mol. The van der Waals surface area contributed by atoms with Gasteiger partial charge in [0.15, 0.2) is 0 Å². The van der Waals surface area contributed by atoms with Crippen molar-refractivity contribution in [3.05, 3.63) is 218 Å². The number of fused-ring (bicyclic) bond motifs is 14. The van der Waals surface area contributed by atoms with E-state index in [9.17, 15) is 0 Å². The third kappa shape index (κ3) is 4.28. The van der Waals surface area contributed by atoms with Crippen molar-refractivity contribution in [3.63, 3.8) is 0 Å². The molecule has 3 aliphatic rings.